The molecular weight excluding hydrogens is 420 g/mol. The van der Waals surface area contributed by atoms with E-state index in [-0.39, 0.29) is 13.0 Å². The Morgan fingerprint density at radius 2 is 1.87 bits per heavy atom. The molecule has 0 saturated heterocycles. The fraction of sp³-hybridized carbons (Fsp3) is 0.364. The van der Waals surface area contributed by atoms with Crippen molar-refractivity contribution in [3.63, 3.8) is 0 Å². The summed E-state index contributed by atoms with van der Waals surface area (Å²) in [6, 6.07) is 13.6. The van der Waals surface area contributed by atoms with Crippen molar-refractivity contribution in [3.8, 4) is 11.1 Å². The average molecular weight is 447 g/mol. The summed E-state index contributed by atoms with van der Waals surface area (Å²) in [6.45, 7) is 3.24. The van der Waals surface area contributed by atoms with Crippen LogP contribution < -0.4 is 5.48 Å². The molecule has 3 rings (SSSR count). The highest BCUT2D eigenvalue weighted by Gasteiger charge is 2.47. The molecule has 1 heterocycles. The molecule has 1 aliphatic heterocycles. The number of hydroxylamine groups is 1. The van der Waals surface area contributed by atoms with Crippen LogP contribution in [0.5, 0.6) is 0 Å². The number of carbonyl (C=O) groups is 1. The Hall–Kier alpha value is -2.75. The van der Waals surface area contributed by atoms with Crippen LogP contribution >= 0.6 is 0 Å². The molecule has 2 aromatic rings. The van der Waals surface area contributed by atoms with Gasteiger partial charge in [0.2, 0.25) is 0 Å². The summed E-state index contributed by atoms with van der Waals surface area (Å²) < 4.78 is 22.5. The van der Waals surface area contributed by atoms with E-state index in [1.807, 2.05) is 49.4 Å². The van der Waals surface area contributed by atoms with E-state index in [0.29, 0.717) is 12.1 Å². The van der Waals surface area contributed by atoms with Crippen LogP contribution in [0.4, 0.5) is 0 Å². The number of benzene rings is 2. The van der Waals surface area contributed by atoms with E-state index in [1.165, 1.54) is 12.4 Å². The van der Waals surface area contributed by atoms with E-state index < -0.39 is 26.6 Å². The summed E-state index contributed by atoms with van der Waals surface area (Å²) in [6.07, 6.45) is 0.541. The van der Waals surface area contributed by atoms with Crippen LogP contribution in [0.2, 0.25) is 0 Å². The van der Waals surface area contributed by atoms with Gasteiger partial charge in [0.1, 0.15) is 6.10 Å². The van der Waals surface area contributed by atoms with Gasteiger partial charge in [-0.05, 0) is 47.7 Å². The number of sulfone groups is 1. The van der Waals surface area contributed by atoms with Gasteiger partial charge in [0.25, 0.3) is 5.91 Å². The van der Waals surface area contributed by atoms with Crippen LogP contribution in [0.15, 0.2) is 47.6 Å². The number of aliphatic hydroxyl groups excluding tert-OH is 1. The number of aryl methyl sites for hydroxylation is 1. The lowest BCUT2D eigenvalue weighted by Crippen LogP contribution is -2.51. The van der Waals surface area contributed by atoms with Gasteiger partial charge in [-0.25, -0.2) is 13.9 Å². The molecule has 0 aromatic heterocycles. The molecule has 31 heavy (non-hydrogen) atoms. The number of amides is 1. The molecule has 1 aliphatic rings. The molecule has 9 heteroatoms. The second-order valence-electron chi connectivity index (χ2n) is 8.00. The molecule has 0 bridgehead atoms. The minimum Gasteiger partial charge on any atom is -0.392 e. The molecule has 2 aromatic carbocycles. The highest BCUT2D eigenvalue weighted by atomic mass is 32.2. The predicted molar refractivity (Wildman–Crippen MR) is 116 cm³/mol. The Labute approximate surface area is 181 Å². The summed E-state index contributed by atoms with van der Waals surface area (Å²) in [7, 11) is -3.81. The standard InChI is InChI=1S/C22H26N2O6S/c1-14-10-17(8-9-19(14)16-6-4-15(13-25)5-7-16)20-11-18(30-24-20)12-22(2,21(26)23-27)31(3,28)29/h4-10,18,25,27H,11-13H2,1-3H3,(H,23,26)/t18-,22-/m1/s1. The molecule has 3 N–H and O–H groups in total. The second kappa shape index (κ2) is 8.78. The lowest BCUT2D eigenvalue weighted by molar-refractivity contribution is -0.132. The first-order chi connectivity index (χ1) is 14.6. The summed E-state index contributed by atoms with van der Waals surface area (Å²) in [5.41, 5.74) is 6.91. The highest BCUT2D eigenvalue weighted by Crippen LogP contribution is 2.31. The molecule has 166 valence electrons. The number of aliphatic hydroxyl groups is 1. The van der Waals surface area contributed by atoms with Crippen LogP contribution in [-0.2, 0) is 26.1 Å². The lowest BCUT2D eigenvalue weighted by atomic mass is 9.93. The van der Waals surface area contributed by atoms with Crippen LogP contribution in [0.3, 0.4) is 0 Å². The zero-order chi connectivity index (χ0) is 22.8. The van der Waals surface area contributed by atoms with Gasteiger partial charge in [-0.1, -0.05) is 41.6 Å². The van der Waals surface area contributed by atoms with Crippen LogP contribution in [0, 0.1) is 6.92 Å². The topological polar surface area (TPSA) is 125 Å². The Morgan fingerprint density at radius 3 is 2.42 bits per heavy atom. The van der Waals surface area contributed by atoms with Crippen molar-refractivity contribution in [2.24, 2.45) is 5.16 Å². The third-order valence-corrected chi connectivity index (χ3v) is 7.75. The third kappa shape index (κ3) is 4.63. The molecule has 0 saturated carbocycles. The largest absolute Gasteiger partial charge is 0.392 e. The molecule has 0 aliphatic carbocycles. The summed E-state index contributed by atoms with van der Waals surface area (Å²) in [5, 5.41) is 22.3. The van der Waals surface area contributed by atoms with Crippen molar-refractivity contribution >= 4 is 21.5 Å². The number of nitrogens with zero attached hydrogens (tertiary/aromatic N) is 1. The van der Waals surface area contributed by atoms with E-state index >= 15 is 0 Å². The van der Waals surface area contributed by atoms with Gasteiger partial charge in [0.15, 0.2) is 14.6 Å². The van der Waals surface area contributed by atoms with Gasteiger partial charge < -0.3 is 9.94 Å². The Balaban J connectivity index is 1.76. The normalized spacial score (nSPS) is 18.1. The van der Waals surface area contributed by atoms with Gasteiger partial charge in [-0.15, -0.1) is 0 Å². The first-order valence-corrected chi connectivity index (χ1v) is 11.7. The third-order valence-electron chi connectivity index (χ3n) is 5.76. The Kier molecular flexibility index (Phi) is 6.49. The fourth-order valence-electron chi connectivity index (χ4n) is 3.63. The molecule has 0 spiro atoms. The van der Waals surface area contributed by atoms with Gasteiger partial charge in [-0.2, -0.15) is 0 Å². The van der Waals surface area contributed by atoms with Crippen molar-refractivity contribution in [2.45, 2.75) is 44.1 Å². The summed E-state index contributed by atoms with van der Waals surface area (Å²) in [4.78, 5) is 17.5. The number of hydrogen-bond acceptors (Lipinski definition) is 7. The van der Waals surface area contributed by atoms with Crippen LogP contribution in [-0.4, -0.2) is 47.5 Å². The monoisotopic (exact) mass is 446 g/mol. The van der Waals surface area contributed by atoms with Gasteiger partial charge in [0.05, 0.1) is 12.3 Å². The quantitative estimate of drug-likeness (QED) is 0.443. The van der Waals surface area contributed by atoms with Crippen molar-refractivity contribution in [1.29, 1.82) is 0 Å². The van der Waals surface area contributed by atoms with Gasteiger partial charge in [-0.3, -0.25) is 10.0 Å². The minimum absolute atomic E-state index is 0.00245. The molecule has 8 nitrogen and oxygen atoms in total. The van der Waals surface area contributed by atoms with E-state index in [9.17, 15) is 18.3 Å². The molecule has 0 radical (unpaired) electrons. The maximum atomic E-state index is 12.2. The maximum absolute atomic E-state index is 12.2. The van der Waals surface area contributed by atoms with Crippen molar-refractivity contribution in [3.05, 3.63) is 59.2 Å². The zero-order valence-electron chi connectivity index (χ0n) is 17.6. The number of carbonyl (C=O) groups excluding carboxylic acids is 1. The van der Waals surface area contributed by atoms with Gasteiger partial charge >= 0.3 is 0 Å². The molecule has 0 unspecified atom stereocenters. The number of nitrogens with one attached hydrogen (secondary N) is 1. The van der Waals surface area contributed by atoms with E-state index in [1.54, 1.807) is 0 Å². The van der Waals surface area contributed by atoms with Crippen LogP contribution in [0.1, 0.15) is 36.5 Å². The minimum atomic E-state index is -3.81. The summed E-state index contributed by atoms with van der Waals surface area (Å²) >= 11 is 0. The number of rotatable bonds is 7. The maximum Gasteiger partial charge on any atom is 0.264 e. The molecular formula is C22H26N2O6S. The fourth-order valence-corrected chi connectivity index (χ4v) is 4.50. The molecule has 2 atom stereocenters. The Bertz CT molecular complexity index is 1110. The zero-order valence-corrected chi connectivity index (χ0v) is 18.4. The van der Waals surface area contributed by atoms with E-state index in [4.69, 9.17) is 10.0 Å². The Morgan fingerprint density at radius 1 is 1.23 bits per heavy atom. The van der Waals surface area contributed by atoms with Crippen molar-refractivity contribution < 1.29 is 28.4 Å². The molecule has 1 amide bonds. The first-order valence-electron chi connectivity index (χ1n) is 9.77. The average Bonchev–Trinajstić information content (AvgIpc) is 3.20. The first kappa shape index (κ1) is 22.9. The van der Waals surface area contributed by atoms with Crippen molar-refractivity contribution in [2.75, 3.05) is 6.26 Å². The smallest absolute Gasteiger partial charge is 0.264 e. The van der Waals surface area contributed by atoms with E-state index in [2.05, 4.69) is 5.16 Å². The predicted octanol–water partition coefficient (Wildman–Crippen LogP) is 2.35. The summed E-state index contributed by atoms with van der Waals surface area (Å²) in [5.74, 6) is -1.00. The highest BCUT2D eigenvalue weighted by molar-refractivity contribution is 7.92. The SMILES string of the molecule is Cc1cc(C2=NO[C@@H](C[C@](C)(C(=O)NO)S(C)(=O)=O)C2)ccc1-c1ccc(CO)cc1. The van der Waals surface area contributed by atoms with Gasteiger partial charge in [0, 0.05) is 19.1 Å². The van der Waals surface area contributed by atoms with Crippen LogP contribution in [0.25, 0.3) is 11.1 Å². The number of oxime groups is 1. The molecule has 0 fully saturated rings. The van der Waals surface area contributed by atoms with E-state index in [0.717, 1.165) is 34.1 Å². The van der Waals surface area contributed by atoms with Crippen molar-refractivity contribution in [1.82, 2.24) is 5.48 Å². The number of hydrogen-bond donors (Lipinski definition) is 3. The lowest BCUT2D eigenvalue weighted by Gasteiger charge is -2.26. The second-order valence-corrected chi connectivity index (χ2v) is 10.4.